The Balaban J connectivity index is 0.00000450. The quantitative estimate of drug-likeness (QED) is 0.164. The molecular weight excluding hydrogens is 515 g/mol. The van der Waals surface area contributed by atoms with Crippen molar-refractivity contribution in [1.29, 1.82) is 0 Å². The highest BCUT2D eigenvalue weighted by atomic mass is 127. The third-order valence-corrected chi connectivity index (χ3v) is 6.71. The summed E-state index contributed by atoms with van der Waals surface area (Å²) in [4.78, 5) is 16.7. The van der Waals surface area contributed by atoms with Gasteiger partial charge in [0.1, 0.15) is 5.75 Å². The van der Waals surface area contributed by atoms with Gasteiger partial charge in [-0.25, -0.2) is 0 Å². The number of benzene rings is 1. The number of aliphatic imine (C=N–C) groups is 1. The molecule has 1 saturated carbocycles. The minimum atomic E-state index is -0.739. The van der Waals surface area contributed by atoms with E-state index < -0.39 is 10.8 Å². The molecule has 3 unspecified atom stereocenters. The fraction of sp³-hybridized carbons (Fsp3) is 0.619. The number of halogens is 1. The van der Waals surface area contributed by atoms with Gasteiger partial charge in [-0.2, -0.15) is 0 Å². The number of nitrogens with zero attached hydrogens (tertiary/aromatic N) is 1. The van der Waals surface area contributed by atoms with Crippen LogP contribution in [0.1, 0.15) is 56.3 Å². The van der Waals surface area contributed by atoms with Crippen LogP contribution in [0.5, 0.6) is 5.75 Å². The molecule has 0 spiro atoms. The number of phenolic OH excluding ortho intramolecular Hbond substituents is 1. The topological polar surface area (TPSA) is 103 Å². The number of phenols is 1. The van der Waals surface area contributed by atoms with Crippen LogP contribution in [0, 0.1) is 0 Å². The number of hydrogen-bond acceptors (Lipinski definition) is 4. The highest BCUT2D eigenvalue weighted by Crippen LogP contribution is 2.23. The van der Waals surface area contributed by atoms with Crippen LogP contribution in [0.2, 0.25) is 0 Å². The number of aromatic hydroxyl groups is 1. The Morgan fingerprint density at radius 2 is 2.07 bits per heavy atom. The van der Waals surface area contributed by atoms with E-state index >= 15 is 0 Å². The summed E-state index contributed by atoms with van der Waals surface area (Å²) in [6.45, 7) is 5.89. The Labute approximate surface area is 199 Å². The first kappa shape index (κ1) is 26.7. The van der Waals surface area contributed by atoms with Crippen molar-refractivity contribution < 1.29 is 14.1 Å². The van der Waals surface area contributed by atoms with E-state index in [2.05, 4.69) is 20.9 Å². The maximum absolute atomic E-state index is 12.1. The van der Waals surface area contributed by atoms with Gasteiger partial charge in [0.25, 0.3) is 5.91 Å². The molecule has 0 bridgehead atoms. The molecule has 0 radical (unpaired) electrons. The lowest BCUT2D eigenvalue weighted by molar-refractivity contribution is 0.0953. The highest BCUT2D eigenvalue weighted by Gasteiger charge is 2.25. The maximum atomic E-state index is 12.1. The van der Waals surface area contributed by atoms with E-state index in [1.807, 2.05) is 13.8 Å². The molecule has 7 nitrogen and oxygen atoms in total. The molecule has 0 aliphatic heterocycles. The summed E-state index contributed by atoms with van der Waals surface area (Å²) in [5, 5.41) is 19.3. The van der Waals surface area contributed by atoms with E-state index in [4.69, 9.17) is 0 Å². The molecule has 4 N–H and O–H groups in total. The third-order valence-electron chi connectivity index (χ3n) is 4.97. The summed E-state index contributed by atoms with van der Waals surface area (Å²) in [5.74, 6) is 1.38. The van der Waals surface area contributed by atoms with Gasteiger partial charge in [0, 0.05) is 53.0 Å². The molecule has 9 heteroatoms. The van der Waals surface area contributed by atoms with Gasteiger partial charge >= 0.3 is 0 Å². The fourth-order valence-electron chi connectivity index (χ4n) is 3.48. The summed E-state index contributed by atoms with van der Waals surface area (Å²) in [6.07, 6.45) is 4.85. The Kier molecular flexibility index (Phi) is 13.0. The lowest BCUT2D eigenvalue weighted by Gasteiger charge is -2.30. The summed E-state index contributed by atoms with van der Waals surface area (Å²) in [7, 11) is -0.739. The van der Waals surface area contributed by atoms with Gasteiger partial charge in [-0.1, -0.05) is 19.4 Å². The van der Waals surface area contributed by atoms with Crippen molar-refractivity contribution >= 4 is 46.6 Å². The summed E-state index contributed by atoms with van der Waals surface area (Å²) < 4.78 is 12.1. The number of hydrogen-bond donors (Lipinski definition) is 4. The average molecular weight is 551 g/mol. The molecular formula is C21H35IN4O3S. The normalized spacial score (nSPS) is 20.0. The molecule has 0 saturated heterocycles. The standard InChI is InChI=1S/C21H34N4O3S.HI/c1-3-22-21(25-17-9-6-11-19(15-17)29(28)4-2)24-13-7-12-23-20(27)16-8-5-10-18(26)14-16;/h5,8,10,14,17,19,26H,3-4,6-7,9,11-13,15H2,1-2H3,(H,23,27)(H2,22,24,25);1H. The molecule has 3 atom stereocenters. The van der Waals surface area contributed by atoms with E-state index in [-0.39, 0.29) is 40.9 Å². The number of rotatable bonds is 9. The smallest absolute Gasteiger partial charge is 0.251 e. The summed E-state index contributed by atoms with van der Waals surface area (Å²) in [6, 6.07) is 6.60. The lowest BCUT2D eigenvalue weighted by Crippen LogP contribution is -2.46. The molecule has 30 heavy (non-hydrogen) atoms. The van der Waals surface area contributed by atoms with Crippen LogP contribution >= 0.6 is 24.0 Å². The summed E-state index contributed by atoms with van der Waals surface area (Å²) in [5.41, 5.74) is 0.444. The predicted octanol–water partition coefficient (Wildman–Crippen LogP) is 2.77. The number of amides is 1. The molecule has 2 rings (SSSR count). The van der Waals surface area contributed by atoms with Crippen molar-refractivity contribution in [2.45, 2.75) is 57.2 Å². The van der Waals surface area contributed by atoms with Crippen LogP contribution in [0.3, 0.4) is 0 Å². The van der Waals surface area contributed by atoms with Crippen LogP contribution in [0.25, 0.3) is 0 Å². The van der Waals surface area contributed by atoms with Gasteiger partial charge in [0.15, 0.2) is 5.96 Å². The van der Waals surface area contributed by atoms with E-state index in [1.54, 1.807) is 12.1 Å². The van der Waals surface area contributed by atoms with E-state index in [0.717, 1.165) is 43.9 Å². The highest BCUT2D eigenvalue weighted by molar-refractivity contribution is 14.0. The van der Waals surface area contributed by atoms with Crippen molar-refractivity contribution in [2.24, 2.45) is 4.99 Å². The lowest BCUT2D eigenvalue weighted by atomic mass is 9.95. The van der Waals surface area contributed by atoms with Crippen molar-refractivity contribution in [1.82, 2.24) is 16.0 Å². The van der Waals surface area contributed by atoms with Crippen molar-refractivity contribution in [3.05, 3.63) is 29.8 Å². The molecule has 1 aliphatic carbocycles. The number of carbonyl (C=O) groups is 1. The van der Waals surface area contributed by atoms with Crippen molar-refractivity contribution in [3.8, 4) is 5.75 Å². The minimum Gasteiger partial charge on any atom is -0.508 e. The first-order valence-corrected chi connectivity index (χ1v) is 11.9. The first-order valence-electron chi connectivity index (χ1n) is 10.5. The second kappa shape index (κ2) is 14.6. The van der Waals surface area contributed by atoms with Crippen LogP contribution < -0.4 is 16.0 Å². The van der Waals surface area contributed by atoms with E-state index in [9.17, 15) is 14.1 Å². The van der Waals surface area contributed by atoms with Gasteiger partial charge in [0.2, 0.25) is 0 Å². The maximum Gasteiger partial charge on any atom is 0.251 e. The van der Waals surface area contributed by atoms with Crippen LogP contribution in [0.15, 0.2) is 29.3 Å². The van der Waals surface area contributed by atoms with Gasteiger partial charge in [-0.05, 0) is 50.8 Å². The molecule has 0 aromatic heterocycles. The van der Waals surface area contributed by atoms with E-state index in [1.165, 1.54) is 12.1 Å². The Morgan fingerprint density at radius 1 is 1.27 bits per heavy atom. The minimum absolute atomic E-state index is 0. The second-order valence-corrected chi connectivity index (χ2v) is 9.23. The van der Waals surface area contributed by atoms with Gasteiger partial charge in [-0.3, -0.25) is 14.0 Å². The third kappa shape index (κ3) is 9.20. The zero-order chi connectivity index (χ0) is 21.1. The van der Waals surface area contributed by atoms with Crippen molar-refractivity contribution in [2.75, 3.05) is 25.4 Å². The Bertz CT molecular complexity index is 717. The number of nitrogens with one attached hydrogen (secondary N) is 3. The second-order valence-electron chi connectivity index (χ2n) is 7.22. The van der Waals surface area contributed by atoms with Gasteiger partial charge in [-0.15, -0.1) is 24.0 Å². The number of carbonyl (C=O) groups excluding carboxylic acids is 1. The van der Waals surface area contributed by atoms with Crippen LogP contribution in [-0.4, -0.2) is 57.9 Å². The monoisotopic (exact) mass is 550 g/mol. The molecule has 1 aliphatic rings. The summed E-state index contributed by atoms with van der Waals surface area (Å²) >= 11 is 0. The van der Waals surface area contributed by atoms with Gasteiger partial charge < -0.3 is 21.1 Å². The SMILES string of the molecule is CCNC(=NCCCNC(=O)c1cccc(O)c1)NC1CCCC(S(=O)CC)C1.I. The molecule has 170 valence electrons. The zero-order valence-electron chi connectivity index (χ0n) is 17.9. The average Bonchev–Trinajstić information content (AvgIpc) is 2.73. The van der Waals surface area contributed by atoms with E-state index in [0.29, 0.717) is 31.1 Å². The van der Waals surface area contributed by atoms with Gasteiger partial charge in [0.05, 0.1) is 0 Å². The molecule has 1 fully saturated rings. The predicted molar refractivity (Wildman–Crippen MR) is 134 cm³/mol. The van der Waals surface area contributed by atoms with Crippen LogP contribution in [-0.2, 0) is 10.8 Å². The largest absolute Gasteiger partial charge is 0.508 e. The Morgan fingerprint density at radius 3 is 2.77 bits per heavy atom. The van der Waals surface area contributed by atoms with Crippen LogP contribution in [0.4, 0.5) is 0 Å². The molecule has 1 aromatic carbocycles. The first-order chi connectivity index (χ1) is 14.0. The number of guanidine groups is 1. The molecule has 0 heterocycles. The molecule has 1 aromatic rings. The molecule has 1 amide bonds. The van der Waals surface area contributed by atoms with Crippen molar-refractivity contribution in [3.63, 3.8) is 0 Å². The Hall–Kier alpha value is -1.36. The fourth-order valence-corrected chi connectivity index (χ4v) is 4.83. The zero-order valence-corrected chi connectivity index (χ0v) is 21.0.